The van der Waals surface area contributed by atoms with Gasteiger partial charge in [-0.15, -0.1) is 0 Å². The minimum Gasteiger partial charge on any atom is -0.469 e. The van der Waals surface area contributed by atoms with Crippen LogP contribution in [0.2, 0.25) is 0 Å². The van der Waals surface area contributed by atoms with E-state index in [9.17, 15) is 18.8 Å². The standard InChI is InChI=1S/C34H43FN4O4/c1-20-18-34(5,6)38(13-12-22(20)16-29(40)23-14-24(15-23)32(42)43-7)31(41)28-19-39-30(36-28)26(33(2,3)4)17-27(37-39)21-8-10-25(35)11-9-21/h8-11,17,19-20,22-24H,12-16,18H2,1-7H3. The van der Waals surface area contributed by atoms with Gasteiger partial charge in [-0.1, -0.05) is 27.7 Å². The number of ether oxygens (including phenoxy) is 1. The molecule has 2 aromatic heterocycles. The molecule has 2 unspecified atom stereocenters. The lowest BCUT2D eigenvalue weighted by atomic mass is 9.70. The number of ketones is 1. The lowest BCUT2D eigenvalue weighted by Gasteiger charge is -2.37. The molecule has 43 heavy (non-hydrogen) atoms. The summed E-state index contributed by atoms with van der Waals surface area (Å²) in [5.74, 6) is -0.308. The van der Waals surface area contributed by atoms with E-state index in [1.807, 2.05) is 11.0 Å². The number of methoxy groups -OCH3 is 1. The number of likely N-dealkylation sites (tertiary alicyclic amines) is 1. The van der Waals surface area contributed by atoms with Crippen LogP contribution >= 0.6 is 0 Å². The Morgan fingerprint density at radius 1 is 1.09 bits per heavy atom. The highest BCUT2D eigenvalue weighted by Crippen LogP contribution is 2.40. The molecule has 0 N–H and O–H groups in total. The molecule has 2 atom stereocenters. The summed E-state index contributed by atoms with van der Waals surface area (Å²) in [5.41, 5.74) is 2.63. The average molecular weight is 591 g/mol. The normalized spacial score (nSPS) is 23.9. The zero-order valence-corrected chi connectivity index (χ0v) is 26.3. The van der Waals surface area contributed by atoms with Crippen LogP contribution in [0, 0.1) is 29.5 Å². The first-order chi connectivity index (χ1) is 20.2. The molecule has 5 rings (SSSR count). The lowest BCUT2D eigenvalue weighted by Crippen LogP contribution is -2.47. The van der Waals surface area contributed by atoms with Crippen LogP contribution in [0.3, 0.4) is 0 Å². The fourth-order valence-corrected chi connectivity index (χ4v) is 6.82. The maximum absolute atomic E-state index is 14.1. The van der Waals surface area contributed by atoms with Crippen molar-refractivity contribution in [2.24, 2.45) is 23.7 Å². The third-order valence-electron chi connectivity index (χ3n) is 9.51. The molecule has 230 valence electrons. The molecule has 0 bridgehead atoms. The number of rotatable bonds is 6. The monoisotopic (exact) mass is 590 g/mol. The molecule has 1 amide bonds. The number of carbonyl (C=O) groups excluding carboxylic acids is 3. The van der Waals surface area contributed by atoms with Gasteiger partial charge in [0.15, 0.2) is 5.65 Å². The van der Waals surface area contributed by atoms with Gasteiger partial charge in [0.2, 0.25) is 0 Å². The highest BCUT2D eigenvalue weighted by molar-refractivity contribution is 5.93. The second kappa shape index (κ2) is 11.5. The number of imidazole rings is 1. The van der Waals surface area contributed by atoms with Crippen molar-refractivity contribution in [3.05, 3.63) is 53.6 Å². The Hall–Kier alpha value is -3.62. The van der Waals surface area contributed by atoms with E-state index in [2.05, 4.69) is 41.5 Å². The predicted octanol–water partition coefficient (Wildman–Crippen LogP) is 6.26. The number of hydrogen-bond acceptors (Lipinski definition) is 6. The molecule has 1 saturated carbocycles. The van der Waals surface area contributed by atoms with Gasteiger partial charge in [-0.2, -0.15) is 5.10 Å². The second-order valence-corrected chi connectivity index (χ2v) is 14.2. The summed E-state index contributed by atoms with van der Waals surface area (Å²) < 4.78 is 20.1. The maximum Gasteiger partial charge on any atom is 0.308 e. The van der Waals surface area contributed by atoms with Crippen LogP contribution in [0.5, 0.6) is 0 Å². The van der Waals surface area contributed by atoms with Gasteiger partial charge in [-0.25, -0.2) is 13.9 Å². The van der Waals surface area contributed by atoms with Crippen LogP contribution < -0.4 is 0 Å². The topological polar surface area (TPSA) is 93.9 Å². The molecule has 8 nitrogen and oxygen atoms in total. The summed E-state index contributed by atoms with van der Waals surface area (Å²) in [6.07, 6.45) is 4.80. The Morgan fingerprint density at radius 2 is 1.77 bits per heavy atom. The largest absolute Gasteiger partial charge is 0.469 e. The van der Waals surface area contributed by atoms with Crippen LogP contribution in [0.4, 0.5) is 4.39 Å². The quantitative estimate of drug-likeness (QED) is 0.315. The Balaban J connectivity index is 1.37. The third-order valence-corrected chi connectivity index (χ3v) is 9.51. The van der Waals surface area contributed by atoms with E-state index in [0.717, 1.165) is 24.0 Å². The highest BCUT2D eigenvalue weighted by atomic mass is 19.1. The van der Waals surface area contributed by atoms with Crippen LogP contribution in [-0.4, -0.2) is 56.4 Å². The van der Waals surface area contributed by atoms with E-state index >= 15 is 0 Å². The number of benzene rings is 1. The van der Waals surface area contributed by atoms with Crippen molar-refractivity contribution < 1.29 is 23.5 Å². The summed E-state index contributed by atoms with van der Waals surface area (Å²) in [4.78, 5) is 45.7. The number of Topliss-reactive ketones (excluding diaryl/α,β-unsaturated/α-hetero) is 1. The Labute approximate surface area is 253 Å². The van der Waals surface area contributed by atoms with Gasteiger partial charge in [-0.05, 0) is 87.1 Å². The number of halogens is 1. The Morgan fingerprint density at radius 3 is 2.40 bits per heavy atom. The molecule has 1 aliphatic heterocycles. The van der Waals surface area contributed by atoms with Crippen molar-refractivity contribution in [1.29, 1.82) is 0 Å². The number of esters is 1. The van der Waals surface area contributed by atoms with E-state index in [1.54, 1.807) is 22.8 Å². The minimum absolute atomic E-state index is 0.0763. The van der Waals surface area contributed by atoms with Gasteiger partial charge in [0.1, 0.15) is 17.3 Å². The Bertz CT molecular complexity index is 1530. The summed E-state index contributed by atoms with van der Waals surface area (Å²) in [7, 11) is 1.39. The van der Waals surface area contributed by atoms with E-state index in [4.69, 9.17) is 14.8 Å². The van der Waals surface area contributed by atoms with Gasteiger partial charge in [-0.3, -0.25) is 14.4 Å². The van der Waals surface area contributed by atoms with E-state index in [0.29, 0.717) is 42.8 Å². The van der Waals surface area contributed by atoms with Crippen molar-refractivity contribution in [2.45, 2.75) is 84.6 Å². The van der Waals surface area contributed by atoms with Crippen LogP contribution in [-0.2, 0) is 19.7 Å². The first kappa shape index (κ1) is 30.8. The number of aromatic nitrogens is 3. The van der Waals surface area contributed by atoms with Crippen molar-refractivity contribution in [3.63, 3.8) is 0 Å². The molecule has 1 aliphatic carbocycles. The van der Waals surface area contributed by atoms with Gasteiger partial charge >= 0.3 is 5.97 Å². The van der Waals surface area contributed by atoms with Gasteiger partial charge in [0.25, 0.3) is 5.91 Å². The zero-order valence-electron chi connectivity index (χ0n) is 26.3. The van der Waals surface area contributed by atoms with Gasteiger partial charge in [0, 0.05) is 35.5 Å². The molecule has 1 aromatic carbocycles. The average Bonchev–Trinajstić information content (AvgIpc) is 3.30. The molecule has 0 spiro atoms. The van der Waals surface area contributed by atoms with Gasteiger partial charge < -0.3 is 9.64 Å². The zero-order chi connectivity index (χ0) is 31.3. The third kappa shape index (κ3) is 6.22. The first-order valence-electron chi connectivity index (χ1n) is 15.3. The van der Waals surface area contributed by atoms with E-state index < -0.39 is 5.54 Å². The first-order valence-corrected chi connectivity index (χ1v) is 15.3. The number of carbonyl (C=O) groups is 3. The second-order valence-electron chi connectivity index (χ2n) is 14.2. The molecule has 9 heteroatoms. The molecular weight excluding hydrogens is 547 g/mol. The molecular formula is C34H43FN4O4. The summed E-state index contributed by atoms with van der Waals surface area (Å²) >= 11 is 0. The molecule has 1 saturated heterocycles. The molecule has 3 heterocycles. The molecule has 2 fully saturated rings. The van der Waals surface area contributed by atoms with E-state index in [-0.39, 0.29) is 52.6 Å². The summed E-state index contributed by atoms with van der Waals surface area (Å²) in [6, 6.07) is 8.19. The highest BCUT2D eigenvalue weighted by Gasteiger charge is 2.43. The smallest absolute Gasteiger partial charge is 0.308 e. The van der Waals surface area contributed by atoms with E-state index in [1.165, 1.54) is 19.2 Å². The SMILES string of the molecule is COC(=O)C1CC(C(=O)CC2CCN(C(=O)c3cn4nc(-c5ccc(F)cc5)cc(C(C)(C)C)c4n3)C(C)(C)CC2C)C1. The predicted molar refractivity (Wildman–Crippen MR) is 162 cm³/mol. The van der Waals surface area contributed by atoms with Crippen molar-refractivity contribution in [3.8, 4) is 11.3 Å². The number of hydrogen-bond donors (Lipinski definition) is 0. The fraction of sp³-hybridized carbons (Fsp3) is 0.559. The lowest BCUT2D eigenvalue weighted by molar-refractivity contribution is -0.151. The minimum atomic E-state index is -0.434. The summed E-state index contributed by atoms with van der Waals surface area (Å²) in [6.45, 7) is 13.1. The number of fused-ring (bicyclic) bond motifs is 1. The maximum atomic E-state index is 14.1. The van der Waals surface area contributed by atoms with Crippen LogP contribution in [0.15, 0.2) is 36.5 Å². The van der Waals surface area contributed by atoms with Crippen molar-refractivity contribution in [2.75, 3.05) is 13.7 Å². The fourth-order valence-electron chi connectivity index (χ4n) is 6.82. The Kier molecular flexibility index (Phi) is 8.22. The van der Waals surface area contributed by atoms with Gasteiger partial charge in [0.05, 0.1) is 24.9 Å². The van der Waals surface area contributed by atoms with Crippen molar-refractivity contribution >= 4 is 23.3 Å². The van der Waals surface area contributed by atoms with Crippen LogP contribution in [0.1, 0.15) is 89.7 Å². The molecule has 3 aromatic rings. The van der Waals surface area contributed by atoms with Crippen molar-refractivity contribution in [1.82, 2.24) is 19.5 Å². The molecule has 0 radical (unpaired) electrons. The summed E-state index contributed by atoms with van der Waals surface area (Å²) in [5, 5.41) is 4.76. The number of amides is 1. The van der Waals surface area contributed by atoms with Crippen LogP contribution in [0.25, 0.3) is 16.9 Å². The molecule has 2 aliphatic rings. The number of nitrogens with zero attached hydrogens (tertiary/aromatic N) is 4.